The van der Waals surface area contributed by atoms with Crippen molar-refractivity contribution in [2.45, 2.75) is 51.1 Å². The van der Waals surface area contributed by atoms with E-state index >= 15 is 0 Å². The standard InChI is InChI=1S/C14H26N2OS/c1-3-10-18-11-9-15-12(2)14(17)16-13-7-5-4-6-8-13/h3,12-13,15H,1,4-11H2,2H3,(H,16,17). The van der Waals surface area contributed by atoms with Crippen molar-refractivity contribution in [3.05, 3.63) is 12.7 Å². The Balaban J connectivity index is 2.09. The Morgan fingerprint density at radius 3 is 2.83 bits per heavy atom. The van der Waals surface area contributed by atoms with E-state index in [2.05, 4.69) is 17.2 Å². The van der Waals surface area contributed by atoms with Crippen molar-refractivity contribution in [2.75, 3.05) is 18.1 Å². The monoisotopic (exact) mass is 270 g/mol. The summed E-state index contributed by atoms with van der Waals surface area (Å²) in [6.07, 6.45) is 8.03. The Bertz CT molecular complexity index is 252. The van der Waals surface area contributed by atoms with Crippen LogP contribution in [0.3, 0.4) is 0 Å². The van der Waals surface area contributed by atoms with E-state index in [9.17, 15) is 4.79 Å². The maximum absolute atomic E-state index is 11.9. The third-order valence-corrected chi connectivity index (χ3v) is 4.24. The molecule has 4 heteroatoms. The molecule has 0 aliphatic heterocycles. The molecule has 1 unspecified atom stereocenters. The number of carbonyl (C=O) groups is 1. The summed E-state index contributed by atoms with van der Waals surface area (Å²) in [5.41, 5.74) is 0. The molecule has 0 heterocycles. The van der Waals surface area contributed by atoms with E-state index in [1.165, 1.54) is 19.3 Å². The Labute approximate surface area is 115 Å². The zero-order valence-corrected chi connectivity index (χ0v) is 12.2. The molecule has 104 valence electrons. The first-order chi connectivity index (χ1) is 8.74. The van der Waals surface area contributed by atoms with Gasteiger partial charge in [-0.25, -0.2) is 0 Å². The molecular formula is C14H26N2OS. The van der Waals surface area contributed by atoms with Crippen LogP contribution in [-0.2, 0) is 4.79 Å². The van der Waals surface area contributed by atoms with Gasteiger partial charge in [-0.05, 0) is 19.8 Å². The quantitative estimate of drug-likeness (QED) is 0.525. The van der Waals surface area contributed by atoms with E-state index < -0.39 is 0 Å². The highest BCUT2D eigenvalue weighted by Crippen LogP contribution is 2.17. The average molecular weight is 270 g/mol. The summed E-state index contributed by atoms with van der Waals surface area (Å²) in [6.45, 7) is 6.49. The molecule has 0 spiro atoms. The maximum atomic E-state index is 11.9. The minimum Gasteiger partial charge on any atom is -0.352 e. The molecule has 0 aromatic carbocycles. The van der Waals surface area contributed by atoms with Crippen molar-refractivity contribution in [3.8, 4) is 0 Å². The molecule has 2 N–H and O–H groups in total. The molecule has 1 aliphatic carbocycles. The van der Waals surface area contributed by atoms with Crippen LogP contribution in [0.5, 0.6) is 0 Å². The predicted molar refractivity (Wildman–Crippen MR) is 80.0 cm³/mol. The minimum absolute atomic E-state index is 0.0868. The first-order valence-electron chi connectivity index (χ1n) is 6.96. The van der Waals surface area contributed by atoms with Crippen LogP contribution < -0.4 is 10.6 Å². The molecule has 1 saturated carbocycles. The van der Waals surface area contributed by atoms with Gasteiger partial charge in [-0.2, -0.15) is 11.8 Å². The average Bonchev–Trinajstić information content (AvgIpc) is 2.39. The van der Waals surface area contributed by atoms with Crippen LogP contribution in [0, 0.1) is 0 Å². The van der Waals surface area contributed by atoms with Gasteiger partial charge >= 0.3 is 0 Å². The smallest absolute Gasteiger partial charge is 0.237 e. The van der Waals surface area contributed by atoms with E-state index in [0.717, 1.165) is 30.9 Å². The molecule has 0 aromatic heterocycles. The van der Waals surface area contributed by atoms with Gasteiger partial charge in [0.25, 0.3) is 0 Å². The topological polar surface area (TPSA) is 41.1 Å². The van der Waals surface area contributed by atoms with Crippen molar-refractivity contribution in [1.82, 2.24) is 10.6 Å². The fourth-order valence-electron chi connectivity index (χ4n) is 2.18. The van der Waals surface area contributed by atoms with Crippen molar-refractivity contribution in [2.24, 2.45) is 0 Å². The third kappa shape index (κ3) is 6.45. The second kappa shape index (κ2) is 9.45. The van der Waals surface area contributed by atoms with Crippen LogP contribution in [0.15, 0.2) is 12.7 Å². The van der Waals surface area contributed by atoms with E-state index in [1.54, 1.807) is 0 Å². The van der Waals surface area contributed by atoms with Gasteiger partial charge in [0.15, 0.2) is 0 Å². The highest BCUT2D eigenvalue weighted by atomic mass is 32.2. The van der Waals surface area contributed by atoms with Gasteiger partial charge in [0, 0.05) is 24.1 Å². The molecule has 1 atom stereocenters. The molecule has 1 aliphatic rings. The molecule has 0 bridgehead atoms. The van der Waals surface area contributed by atoms with Crippen LogP contribution >= 0.6 is 11.8 Å². The normalized spacial score (nSPS) is 18.3. The molecule has 1 fully saturated rings. The number of thioether (sulfide) groups is 1. The summed E-state index contributed by atoms with van der Waals surface area (Å²) in [4.78, 5) is 11.9. The zero-order chi connectivity index (χ0) is 13.2. The summed E-state index contributed by atoms with van der Waals surface area (Å²) < 4.78 is 0. The largest absolute Gasteiger partial charge is 0.352 e. The predicted octanol–water partition coefficient (Wildman–Crippen LogP) is 2.33. The summed E-state index contributed by atoms with van der Waals surface area (Å²) in [5, 5.41) is 6.41. The molecule has 0 radical (unpaired) electrons. The fraction of sp³-hybridized carbons (Fsp3) is 0.786. The Morgan fingerprint density at radius 2 is 2.17 bits per heavy atom. The lowest BCUT2D eigenvalue weighted by atomic mass is 9.95. The van der Waals surface area contributed by atoms with Gasteiger partial charge in [-0.1, -0.05) is 25.3 Å². The van der Waals surface area contributed by atoms with Crippen molar-refractivity contribution < 1.29 is 4.79 Å². The van der Waals surface area contributed by atoms with Crippen LogP contribution in [-0.4, -0.2) is 36.0 Å². The minimum atomic E-state index is -0.0868. The summed E-state index contributed by atoms with van der Waals surface area (Å²) in [5.74, 6) is 2.15. The zero-order valence-electron chi connectivity index (χ0n) is 11.4. The van der Waals surface area contributed by atoms with Crippen molar-refractivity contribution in [3.63, 3.8) is 0 Å². The number of rotatable bonds is 8. The van der Waals surface area contributed by atoms with Crippen molar-refractivity contribution >= 4 is 17.7 Å². The highest BCUT2D eigenvalue weighted by molar-refractivity contribution is 7.99. The molecule has 0 aromatic rings. The summed E-state index contributed by atoms with van der Waals surface area (Å²) >= 11 is 1.83. The van der Waals surface area contributed by atoms with Gasteiger partial charge in [0.05, 0.1) is 6.04 Å². The number of hydrogen-bond acceptors (Lipinski definition) is 3. The van der Waals surface area contributed by atoms with Gasteiger partial charge in [-0.3, -0.25) is 4.79 Å². The Morgan fingerprint density at radius 1 is 1.44 bits per heavy atom. The lowest BCUT2D eigenvalue weighted by Crippen LogP contribution is -2.47. The van der Waals surface area contributed by atoms with Crippen LogP contribution in [0.4, 0.5) is 0 Å². The number of nitrogens with one attached hydrogen (secondary N) is 2. The summed E-state index contributed by atoms with van der Waals surface area (Å²) in [6, 6.07) is 0.321. The van der Waals surface area contributed by atoms with E-state index in [4.69, 9.17) is 0 Å². The van der Waals surface area contributed by atoms with Gasteiger partial charge in [0.1, 0.15) is 0 Å². The molecule has 1 amide bonds. The molecule has 0 saturated heterocycles. The fourth-order valence-corrected chi connectivity index (χ4v) is 2.78. The van der Waals surface area contributed by atoms with Crippen LogP contribution in [0.25, 0.3) is 0 Å². The lowest BCUT2D eigenvalue weighted by molar-refractivity contribution is -0.123. The molecule has 3 nitrogen and oxygen atoms in total. The number of hydrogen-bond donors (Lipinski definition) is 2. The van der Waals surface area contributed by atoms with Crippen molar-refractivity contribution in [1.29, 1.82) is 0 Å². The SMILES string of the molecule is C=CCSCCNC(C)C(=O)NC1CCCCC1. The maximum Gasteiger partial charge on any atom is 0.237 e. The molecule has 1 rings (SSSR count). The number of amides is 1. The second-order valence-corrected chi connectivity index (χ2v) is 6.03. The molecule has 18 heavy (non-hydrogen) atoms. The highest BCUT2D eigenvalue weighted by Gasteiger charge is 2.18. The molecular weight excluding hydrogens is 244 g/mol. The number of carbonyl (C=O) groups excluding carboxylic acids is 1. The van der Waals surface area contributed by atoms with E-state index in [1.807, 2.05) is 24.8 Å². The van der Waals surface area contributed by atoms with Gasteiger partial charge in [-0.15, -0.1) is 6.58 Å². The van der Waals surface area contributed by atoms with E-state index in [0.29, 0.717) is 6.04 Å². The van der Waals surface area contributed by atoms with Gasteiger partial charge < -0.3 is 10.6 Å². The Hall–Kier alpha value is -0.480. The van der Waals surface area contributed by atoms with E-state index in [-0.39, 0.29) is 11.9 Å². The van der Waals surface area contributed by atoms with Crippen LogP contribution in [0.2, 0.25) is 0 Å². The summed E-state index contributed by atoms with van der Waals surface area (Å²) in [7, 11) is 0. The Kier molecular flexibility index (Phi) is 8.18. The van der Waals surface area contributed by atoms with Gasteiger partial charge in [0.2, 0.25) is 5.91 Å². The second-order valence-electron chi connectivity index (χ2n) is 4.88. The lowest BCUT2D eigenvalue weighted by Gasteiger charge is -2.24. The third-order valence-electron chi connectivity index (χ3n) is 3.28. The first kappa shape index (κ1) is 15.6. The first-order valence-corrected chi connectivity index (χ1v) is 8.12. The van der Waals surface area contributed by atoms with Crippen LogP contribution in [0.1, 0.15) is 39.0 Å².